The number of nitrogens with zero attached hydrogens (tertiary/aromatic N) is 5. The second kappa shape index (κ2) is 11.1. The molecule has 2 aliphatic rings. The second-order valence-corrected chi connectivity index (χ2v) is 8.21. The summed E-state index contributed by atoms with van der Waals surface area (Å²) >= 11 is 5.82. The Morgan fingerprint density at radius 3 is 2.29 bits per heavy atom. The number of benzene rings is 1. The zero-order valence-corrected chi connectivity index (χ0v) is 19.5. The van der Waals surface area contributed by atoms with E-state index in [1.165, 1.54) is 12.3 Å². The number of carbonyl (C=O) groups is 3. The molecular weight excluding hydrogens is 474 g/mol. The molecule has 3 heterocycles. The monoisotopic (exact) mass is 497 g/mol. The van der Waals surface area contributed by atoms with Crippen molar-refractivity contribution in [3.05, 3.63) is 47.6 Å². The number of pyridine rings is 1. The Balaban J connectivity index is 1.41. The summed E-state index contributed by atoms with van der Waals surface area (Å²) in [5, 5.41) is 14.9. The molecule has 0 bridgehead atoms. The quantitative estimate of drug-likeness (QED) is 0.535. The Bertz CT molecular complexity index is 1160. The number of nitrogens with one attached hydrogen (secondary N) is 2. The van der Waals surface area contributed by atoms with Crippen molar-refractivity contribution in [1.29, 1.82) is 0 Å². The molecule has 12 heteroatoms. The van der Waals surface area contributed by atoms with E-state index in [4.69, 9.17) is 16.7 Å². The van der Waals surface area contributed by atoms with Gasteiger partial charge in [0, 0.05) is 37.2 Å². The van der Waals surface area contributed by atoms with Gasteiger partial charge in [0.05, 0.1) is 24.7 Å². The first-order valence-electron chi connectivity index (χ1n) is 11.1. The van der Waals surface area contributed by atoms with Gasteiger partial charge in [0.25, 0.3) is 11.8 Å². The summed E-state index contributed by atoms with van der Waals surface area (Å²) in [5.41, 5.74) is 1.01. The van der Waals surface area contributed by atoms with Crippen LogP contribution in [0.4, 0.5) is 22.0 Å². The third-order valence-corrected chi connectivity index (χ3v) is 5.60. The molecule has 182 valence electrons. The van der Waals surface area contributed by atoms with Gasteiger partial charge in [0.2, 0.25) is 0 Å². The van der Waals surface area contributed by atoms with Gasteiger partial charge >= 0.3 is 6.03 Å². The van der Waals surface area contributed by atoms with Crippen LogP contribution in [0.1, 0.15) is 6.42 Å². The molecule has 1 aromatic carbocycles. The lowest BCUT2D eigenvalue weighted by Gasteiger charge is -2.35. The summed E-state index contributed by atoms with van der Waals surface area (Å²) in [6.45, 7) is 1.96. The largest absolute Gasteiger partial charge is 0.395 e. The van der Waals surface area contributed by atoms with Crippen LogP contribution in [0.15, 0.2) is 52.6 Å². The molecule has 2 aromatic rings. The Kier molecular flexibility index (Phi) is 7.68. The standard InChI is InChI=1S/C23H24ClN7O4/c24-15-2-7-18(27-14-15)29-22(34)20-19(25-8-9-26-20)21(33)28-16-3-5-17(6-4-16)31-11-1-10-30(12-13-32)23(31)35/h2-7,14,32H,1,8-13H2,(H,28,33)(H,27,29,34). The summed E-state index contributed by atoms with van der Waals surface area (Å²) in [5.74, 6) is -0.897. The highest BCUT2D eigenvalue weighted by Crippen LogP contribution is 2.22. The summed E-state index contributed by atoms with van der Waals surface area (Å²) < 4.78 is 0. The van der Waals surface area contributed by atoms with Crippen LogP contribution in [0.2, 0.25) is 5.02 Å². The van der Waals surface area contributed by atoms with Crippen molar-refractivity contribution in [2.45, 2.75) is 6.42 Å². The molecule has 1 fully saturated rings. The first-order valence-corrected chi connectivity index (χ1v) is 11.4. The zero-order valence-electron chi connectivity index (χ0n) is 18.8. The van der Waals surface area contributed by atoms with Crippen LogP contribution in [0.25, 0.3) is 0 Å². The molecule has 0 saturated carbocycles. The minimum Gasteiger partial charge on any atom is -0.395 e. The molecule has 1 aromatic heterocycles. The van der Waals surface area contributed by atoms with Crippen LogP contribution in [-0.4, -0.2) is 83.6 Å². The number of halogens is 1. The number of hydrogen-bond acceptors (Lipinski definition) is 7. The van der Waals surface area contributed by atoms with Gasteiger partial charge in [-0.15, -0.1) is 0 Å². The van der Waals surface area contributed by atoms with Crippen molar-refractivity contribution in [2.75, 3.05) is 54.9 Å². The highest BCUT2D eigenvalue weighted by molar-refractivity contribution is 6.83. The number of anilines is 3. The van der Waals surface area contributed by atoms with Gasteiger partial charge in [-0.25, -0.2) is 9.78 Å². The van der Waals surface area contributed by atoms with Crippen LogP contribution in [0.3, 0.4) is 0 Å². The van der Waals surface area contributed by atoms with E-state index in [1.54, 1.807) is 40.1 Å². The number of aromatic nitrogens is 1. The van der Waals surface area contributed by atoms with Crippen LogP contribution < -0.4 is 15.5 Å². The van der Waals surface area contributed by atoms with Crippen LogP contribution in [-0.2, 0) is 9.59 Å². The number of urea groups is 1. The summed E-state index contributed by atoms with van der Waals surface area (Å²) in [6, 6.07) is 9.75. The van der Waals surface area contributed by atoms with E-state index in [2.05, 4.69) is 25.6 Å². The Hall–Kier alpha value is -3.83. The number of amides is 4. The first-order chi connectivity index (χ1) is 17.0. The van der Waals surface area contributed by atoms with Gasteiger partial charge in [-0.1, -0.05) is 11.6 Å². The average molecular weight is 498 g/mol. The van der Waals surface area contributed by atoms with Crippen molar-refractivity contribution in [2.24, 2.45) is 9.98 Å². The van der Waals surface area contributed by atoms with Gasteiger partial charge in [0.1, 0.15) is 5.82 Å². The smallest absolute Gasteiger partial charge is 0.324 e. The van der Waals surface area contributed by atoms with Gasteiger partial charge in [0.15, 0.2) is 11.4 Å². The third-order valence-electron chi connectivity index (χ3n) is 5.38. The molecule has 4 rings (SSSR count). The van der Waals surface area contributed by atoms with Crippen molar-refractivity contribution in [3.8, 4) is 0 Å². The van der Waals surface area contributed by atoms with E-state index in [9.17, 15) is 14.4 Å². The molecule has 0 atom stereocenters. The fraction of sp³-hybridized carbons (Fsp3) is 0.304. The molecular formula is C23H24ClN7O4. The second-order valence-electron chi connectivity index (χ2n) is 7.78. The summed E-state index contributed by atoms with van der Waals surface area (Å²) in [4.78, 5) is 53.9. The van der Waals surface area contributed by atoms with E-state index in [1.807, 2.05) is 0 Å². The molecule has 0 aliphatic carbocycles. The zero-order chi connectivity index (χ0) is 24.8. The van der Waals surface area contributed by atoms with E-state index < -0.39 is 11.8 Å². The maximum absolute atomic E-state index is 12.9. The lowest BCUT2D eigenvalue weighted by molar-refractivity contribution is -0.112. The minimum atomic E-state index is -0.597. The van der Waals surface area contributed by atoms with Crippen molar-refractivity contribution >= 4 is 58.1 Å². The molecule has 11 nitrogen and oxygen atoms in total. The molecule has 2 aliphatic heterocycles. The highest BCUT2D eigenvalue weighted by Gasteiger charge is 2.28. The van der Waals surface area contributed by atoms with Crippen LogP contribution >= 0.6 is 11.6 Å². The number of aliphatic hydroxyl groups is 1. The number of hydrogen-bond donors (Lipinski definition) is 3. The fourth-order valence-electron chi connectivity index (χ4n) is 3.72. The normalized spacial score (nSPS) is 15.9. The SMILES string of the molecule is O=C(Nc1ccc(N2CCCN(CCO)C2=O)cc1)C1=NCCN=C1C(=O)Nc1ccc(Cl)cn1. The average Bonchev–Trinajstić information content (AvgIpc) is 2.87. The predicted octanol–water partition coefficient (Wildman–Crippen LogP) is 1.83. The molecule has 3 N–H and O–H groups in total. The number of rotatable bonds is 7. The summed E-state index contributed by atoms with van der Waals surface area (Å²) in [7, 11) is 0. The topological polar surface area (TPSA) is 140 Å². The van der Waals surface area contributed by atoms with Gasteiger partial charge in [-0.05, 0) is 42.8 Å². The lowest BCUT2D eigenvalue weighted by Crippen LogP contribution is -2.50. The van der Waals surface area contributed by atoms with Gasteiger partial charge in [-0.3, -0.25) is 24.5 Å². The lowest BCUT2D eigenvalue weighted by atomic mass is 10.1. The highest BCUT2D eigenvalue weighted by atomic mass is 35.5. The molecule has 1 saturated heterocycles. The molecule has 0 spiro atoms. The molecule has 35 heavy (non-hydrogen) atoms. The maximum atomic E-state index is 12.9. The number of carbonyl (C=O) groups excluding carboxylic acids is 3. The van der Waals surface area contributed by atoms with E-state index in [0.717, 1.165) is 6.42 Å². The van der Waals surface area contributed by atoms with Crippen molar-refractivity contribution in [3.63, 3.8) is 0 Å². The predicted molar refractivity (Wildman–Crippen MR) is 134 cm³/mol. The Morgan fingerprint density at radius 2 is 1.66 bits per heavy atom. The molecule has 0 unspecified atom stereocenters. The molecule has 4 amide bonds. The summed E-state index contributed by atoms with van der Waals surface area (Å²) in [6.07, 6.45) is 2.19. The number of β-amino-alcohol motifs (C(OH)–C–C–N with tert-alkyl or cyclic N) is 1. The number of aliphatic hydroxyl groups excluding tert-OH is 1. The van der Waals surface area contributed by atoms with E-state index in [-0.39, 0.29) is 36.4 Å². The first kappa shape index (κ1) is 24.3. The third kappa shape index (κ3) is 5.81. The van der Waals surface area contributed by atoms with Crippen molar-refractivity contribution < 1.29 is 19.5 Å². The van der Waals surface area contributed by atoms with Gasteiger partial charge < -0.3 is 20.6 Å². The molecule has 0 radical (unpaired) electrons. The Labute approximate surface area is 206 Å². The van der Waals surface area contributed by atoms with Crippen molar-refractivity contribution in [1.82, 2.24) is 9.88 Å². The van der Waals surface area contributed by atoms with Gasteiger partial charge in [-0.2, -0.15) is 0 Å². The van der Waals surface area contributed by atoms with E-state index in [0.29, 0.717) is 42.6 Å². The minimum absolute atomic E-state index is 0.0716. The van der Waals surface area contributed by atoms with Crippen LogP contribution in [0.5, 0.6) is 0 Å². The fourth-order valence-corrected chi connectivity index (χ4v) is 3.83. The van der Waals surface area contributed by atoms with E-state index >= 15 is 0 Å². The maximum Gasteiger partial charge on any atom is 0.324 e. The number of aliphatic imine (C=N–C) groups is 2. The Morgan fingerprint density at radius 1 is 0.971 bits per heavy atom. The van der Waals surface area contributed by atoms with Crippen LogP contribution in [0, 0.1) is 0 Å².